The van der Waals surface area contributed by atoms with Crippen LogP contribution in [0.2, 0.25) is 0 Å². The average Bonchev–Trinajstić information content (AvgIpc) is 3.25. The van der Waals surface area contributed by atoms with E-state index in [1.807, 2.05) is 7.05 Å². The van der Waals surface area contributed by atoms with Gasteiger partial charge in [-0.2, -0.15) is 0 Å². The molecule has 2 amide bonds. The van der Waals surface area contributed by atoms with Gasteiger partial charge in [0.25, 0.3) is 11.8 Å². The van der Waals surface area contributed by atoms with Crippen LogP contribution in [0.3, 0.4) is 0 Å². The highest BCUT2D eigenvalue weighted by molar-refractivity contribution is 6.23. The number of imide groups is 1. The summed E-state index contributed by atoms with van der Waals surface area (Å²) in [5.74, 6) is 5.09. The molecule has 154 valence electrons. The van der Waals surface area contributed by atoms with Crippen LogP contribution in [0.15, 0.2) is 24.4 Å². The highest BCUT2D eigenvalue weighted by atomic mass is 16.3. The van der Waals surface area contributed by atoms with Gasteiger partial charge in [0, 0.05) is 12.2 Å². The van der Waals surface area contributed by atoms with Gasteiger partial charge in [-0.25, -0.2) is 9.97 Å². The number of likely N-dealkylation sites (tertiary alicyclic amines) is 1. The molecule has 0 unspecified atom stereocenters. The van der Waals surface area contributed by atoms with Gasteiger partial charge in [-0.15, -0.1) is 0 Å². The summed E-state index contributed by atoms with van der Waals surface area (Å²) in [5, 5.41) is 10.2. The number of nitrogen functional groups attached to an aromatic ring is 1. The Balaban J connectivity index is 1.54. The van der Waals surface area contributed by atoms with E-state index >= 15 is 0 Å². The molecule has 2 aromatic heterocycles. The first-order chi connectivity index (χ1) is 14.5. The maximum Gasteiger partial charge on any atom is 0.261 e. The standard InChI is InChI=1S/C20H21N7O3/c1-26-6-3-10(4-7-26)27-19(29)11-8-14-15(9-12(11)20(27)30)24-17(23-14)16-13(25-21)2-5-22-18(16)28/h2,5,8-10H,3-4,6-7,21H2,1H3,(H,23,24)(H2,22,25,28). The minimum Gasteiger partial charge on any atom is -0.493 e. The molecule has 0 spiro atoms. The minimum absolute atomic E-state index is 0.0824. The largest absolute Gasteiger partial charge is 0.493 e. The zero-order valence-electron chi connectivity index (χ0n) is 16.3. The van der Waals surface area contributed by atoms with Gasteiger partial charge in [-0.3, -0.25) is 20.3 Å². The summed E-state index contributed by atoms with van der Waals surface area (Å²) in [7, 11) is 2.04. The zero-order chi connectivity index (χ0) is 21.0. The highest BCUT2D eigenvalue weighted by Crippen LogP contribution is 2.35. The van der Waals surface area contributed by atoms with Crippen molar-refractivity contribution in [2.45, 2.75) is 18.9 Å². The van der Waals surface area contributed by atoms with E-state index in [1.54, 1.807) is 18.2 Å². The molecule has 30 heavy (non-hydrogen) atoms. The van der Waals surface area contributed by atoms with E-state index in [0.717, 1.165) is 25.9 Å². The molecule has 0 aliphatic carbocycles. The van der Waals surface area contributed by atoms with E-state index in [-0.39, 0.29) is 23.7 Å². The third-order valence-electron chi connectivity index (χ3n) is 5.90. The number of carbonyl (C=O) groups is 2. The van der Waals surface area contributed by atoms with Crippen LogP contribution in [0.4, 0.5) is 5.69 Å². The van der Waals surface area contributed by atoms with Crippen LogP contribution in [0, 0.1) is 0 Å². The van der Waals surface area contributed by atoms with Gasteiger partial charge in [0.2, 0.25) is 5.88 Å². The number of aromatic amines is 1. The van der Waals surface area contributed by atoms with Gasteiger partial charge in [-0.05, 0) is 51.2 Å². The van der Waals surface area contributed by atoms with Crippen molar-refractivity contribution in [3.05, 3.63) is 35.5 Å². The van der Waals surface area contributed by atoms with Gasteiger partial charge in [0.1, 0.15) is 11.4 Å². The molecule has 5 rings (SSSR count). The van der Waals surface area contributed by atoms with Crippen molar-refractivity contribution in [1.29, 1.82) is 0 Å². The number of benzene rings is 1. The van der Waals surface area contributed by atoms with Crippen molar-refractivity contribution in [2.75, 3.05) is 25.6 Å². The lowest BCUT2D eigenvalue weighted by atomic mass is 10.0. The molecule has 3 aromatic rings. The molecule has 0 atom stereocenters. The van der Waals surface area contributed by atoms with Crippen molar-refractivity contribution >= 4 is 28.5 Å². The Hall–Kier alpha value is -3.50. The van der Waals surface area contributed by atoms with Crippen molar-refractivity contribution < 1.29 is 14.7 Å². The number of piperidine rings is 1. The molecule has 1 fully saturated rings. The van der Waals surface area contributed by atoms with Crippen molar-refractivity contribution in [2.24, 2.45) is 5.84 Å². The third-order valence-corrected chi connectivity index (χ3v) is 5.90. The van der Waals surface area contributed by atoms with Gasteiger partial charge in [-0.1, -0.05) is 0 Å². The van der Waals surface area contributed by atoms with Crippen LogP contribution in [0.1, 0.15) is 33.6 Å². The fourth-order valence-electron chi connectivity index (χ4n) is 4.27. The normalized spacial score (nSPS) is 17.7. The van der Waals surface area contributed by atoms with Gasteiger partial charge < -0.3 is 20.4 Å². The maximum absolute atomic E-state index is 13.0. The zero-order valence-corrected chi connectivity index (χ0v) is 16.3. The number of rotatable bonds is 3. The summed E-state index contributed by atoms with van der Waals surface area (Å²) in [5.41, 5.74) is 5.08. The molecular formula is C20H21N7O3. The first-order valence-electron chi connectivity index (χ1n) is 9.73. The Bertz CT molecular complexity index is 1130. The van der Waals surface area contributed by atoms with Crippen molar-refractivity contribution in [3.8, 4) is 17.3 Å². The van der Waals surface area contributed by atoms with Crippen molar-refractivity contribution in [1.82, 2.24) is 24.8 Å². The number of hydrazine groups is 1. The third kappa shape index (κ3) is 2.72. The van der Waals surface area contributed by atoms with Crippen LogP contribution in [-0.4, -0.2) is 67.9 Å². The van der Waals surface area contributed by atoms with Crippen LogP contribution in [0.5, 0.6) is 5.88 Å². The number of hydrogen-bond donors (Lipinski definition) is 4. The topological polar surface area (TPSA) is 140 Å². The van der Waals surface area contributed by atoms with Gasteiger partial charge in [0.15, 0.2) is 0 Å². The summed E-state index contributed by atoms with van der Waals surface area (Å²) in [6.45, 7) is 1.71. The molecular weight excluding hydrogens is 386 g/mol. The number of pyridine rings is 1. The second-order valence-electron chi connectivity index (χ2n) is 7.72. The highest BCUT2D eigenvalue weighted by Gasteiger charge is 2.41. The fourth-order valence-corrected chi connectivity index (χ4v) is 4.27. The molecule has 4 heterocycles. The van der Waals surface area contributed by atoms with E-state index in [4.69, 9.17) is 5.84 Å². The Morgan fingerprint density at radius 2 is 1.90 bits per heavy atom. The Morgan fingerprint density at radius 1 is 1.20 bits per heavy atom. The molecule has 5 N–H and O–H groups in total. The number of hydrogen-bond acceptors (Lipinski definition) is 8. The summed E-state index contributed by atoms with van der Waals surface area (Å²) >= 11 is 0. The number of amides is 2. The predicted octanol–water partition coefficient (Wildman–Crippen LogP) is 1.31. The van der Waals surface area contributed by atoms with Crippen LogP contribution >= 0.6 is 0 Å². The van der Waals surface area contributed by atoms with Gasteiger partial charge in [0.05, 0.1) is 27.8 Å². The van der Waals surface area contributed by atoms with Crippen LogP contribution in [0.25, 0.3) is 22.4 Å². The summed E-state index contributed by atoms with van der Waals surface area (Å²) in [6, 6.07) is 4.80. The lowest BCUT2D eigenvalue weighted by Gasteiger charge is -2.33. The van der Waals surface area contributed by atoms with E-state index in [2.05, 4.69) is 25.3 Å². The summed E-state index contributed by atoms with van der Waals surface area (Å²) in [4.78, 5) is 41.1. The molecule has 1 aromatic carbocycles. The summed E-state index contributed by atoms with van der Waals surface area (Å²) < 4.78 is 0. The van der Waals surface area contributed by atoms with E-state index in [1.165, 1.54) is 11.1 Å². The predicted molar refractivity (Wildman–Crippen MR) is 110 cm³/mol. The SMILES string of the molecule is CN1CCC(N2C(=O)c3cc4nc(-c5c(NN)ccnc5O)[nH]c4cc3C2=O)CC1. The quantitative estimate of drug-likeness (QED) is 0.289. The van der Waals surface area contributed by atoms with Crippen LogP contribution < -0.4 is 11.3 Å². The number of imidazole rings is 1. The molecule has 0 saturated carbocycles. The van der Waals surface area contributed by atoms with E-state index < -0.39 is 0 Å². The number of nitrogens with two attached hydrogens (primary N) is 1. The molecule has 1 saturated heterocycles. The monoisotopic (exact) mass is 407 g/mol. The van der Waals surface area contributed by atoms with E-state index in [0.29, 0.717) is 39.2 Å². The summed E-state index contributed by atoms with van der Waals surface area (Å²) in [6.07, 6.45) is 2.97. The minimum atomic E-state index is -0.274. The maximum atomic E-state index is 13.0. The number of carbonyl (C=O) groups excluding carboxylic acids is 2. The Kier molecular flexibility index (Phi) is 4.19. The number of anilines is 1. The smallest absolute Gasteiger partial charge is 0.261 e. The average molecular weight is 407 g/mol. The second kappa shape index (κ2) is 6.78. The molecule has 0 radical (unpaired) electrons. The fraction of sp³-hybridized carbons (Fsp3) is 0.300. The Labute approximate surface area is 171 Å². The lowest BCUT2D eigenvalue weighted by Crippen LogP contribution is -2.46. The first kappa shape index (κ1) is 18.5. The molecule has 10 nitrogen and oxygen atoms in total. The number of fused-ring (bicyclic) bond motifs is 2. The lowest BCUT2D eigenvalue weighted by molar-refractivity contribution is 0.0516. The van der Waals surface area contributed by atoms with Crippen LogP contribution in [-0.2, 0) is 0 Å². The number of aromatic nitrogens is 3. The number of nitrogens with zero attached hydrogens (tertiary/aromatic N) is 4. The second-order valence-corrected chi connectivity index (χ2v) is 7.72. The van der Waals surface area contributed by atoms with Gasteiger partial charge >= 0.3 is 0 Å². The van der Waals surface area contributed by atoms with Crippen molar-refractivity contribution in [3.63, 3.8) is 0 Å². The molecule has 10 heteroatoms. The molecule has 2 aliphatic rings. The Morgan fingerprint density at radius 3 is 2.60 bits per heavy atom. The first-order valence-corrected chi connectivity index (χ1v) is 9.73. The molecule has 2 aliphatic heterocycles. The number of nitrogens with one attached hydrogen (secondary N) is 2. The molecule has 0 bridgehead atoms. The van der Waals surface area contributed by atoms with E-state index in [9.17, 15) is 14.7 Å². The number of H-pyrrole nitrogens is 1. The number of aromatic hydroxyl groups is 1.